The summed E-state index contributed by atoms with van der Waals surface area (Å²) in [6.07, 6.45) is 3.96. The highest BCUT2D eigenvalue weighted by atomic mass is 35.5. The summed E-state index contributed by atoms with van der Waals surface area (Å²) in [6, 6.07) is 17.4. The van der Waals surface area contributed by atoms with E-state index in [0.29, 0.717) is 18.6 Å². The first kappa shape index (κ1) is 19.7. The largest absolute Gasteiger partial charge is 0.497 e. The number of hydrogen-bond donors (Lipinski definition) is 0. The van der Waals surface area contributed by atoms with Gasteiger partial charge in [-0.1, -0.05) is 36.4 Å². The summed E-state index contributed by atoms with van der Waals surface area (Å²) in [5, 5.41) is 0. The van der Waals surface area contributed by atoms with Gasteiger partial charge in [0.1, 0.15) is 24.9 Å². The number of rotatable bonds is 4. The Morgan fingerprint density at radius 2 is 1.89 bits per heavy atom. The van der Waals surface area contributed by atoms with Gasteiger partial charge in [-0.3, -0.25) is 4.90 Å². The molecule has 3 aliphatic rings. The molecule has 2 aromatic rings. The zero-order chi connectivity index (χ0) is 18.2. The maximum atomic E-state index is 5.99. The van der Waals surface area contributed by atoms with Crippen LogP contribution in [0.15, 0.2) is 48.5 Å². The molecule has 1 aliphatic carbocycles. The number of aryl methyl sites for hydroxylation is 1. The summed E-state index contributed by atoms with van der Waals surface area (Å²) >= 11 is 0. The normalized spacial score (nSPS) is 29.0. The van der Waals surface area contributed by atoms with Crippen molar-refractivity contribution in [2.75, 3.05) is 27.0 Å². The quantitative estimate of drug-likeness (QED) is 0.762. The van der Waals surface area contributed by atoms with Crippen LogP contribution in [0.25, 0.3) is 0 Å². The first-order valence-corrected chi connectivity index (χ1v) is 10.0. The molecule has 0 spiro atoms. The lowest BCUT2D eigenvalue weighted by Crippen LogP contribution is -2.37. The van der Waals surface area contributed by atoms with E-state index < -0.39 is 0 Å². The minimum atomic E-state index is 0. The molecule has 2 heterocycles. The minimum absolute atomic E-state index is 0. The van der Waals surface area contributed by atoms with Crippen LogP contribution in [-0.4, -0.2) is 44.2 Å². The number of halogens is 1. The van der Waals surface area contributed by atoms with E-state index in [2.05, 4.69) is 41.3 Å². The molecule has 0 amide bonds. The molecule has 0 N–H and O–H groups in total. The van der Waals surface area contributed by atoms with E-state index in [1.165, 1.54) is 36.0 Å². The number of ether oxygens (including phenoxy) is 3. The number of nitrogens with zero attached hydrogens (tertiary/aromatic N) is 1. The number of methoxy groups -OCH3 is 1. The smallest absolute Gasteiger partial charge is 0.149 e. The minimum Gasteiger partial charge on any atom is -0.497 e. The second kappa shape index (κ2) is 8.42. The van der Waals surface area contributed by atoms with Crippen molar-refractivity contribution in [2.24, 2.45) is 0 Å². The van der Waals surface area contributed by atoms with Crippen molar-refractivity contribution in [3.05, 3.63) is 65.2 Å². The Morgan fingerprint density at radius 1 is 1.07 bits per heavy atom. The van der Waals surface area contributed by atoms with Crippen LogP contribution in [0, 0.1) is 0 Å². The molecule has 0 saturated carbocycles. The van der Waals surface area contributed by atoms with E-state index in [1.54, 1.807) is 7.11 Å². The summed E-state index contributed by atoms with van der Waals surface area (Å²) in [5.41, 5.74) is 4.37. The van der Waals surface area contributed by atoms with Crippen molar-refractivity contribution in [3.63, 3.8) is 0 Å². The number of likely N-dealkylation sites (tertiary alicyclic amines) is 1. The van der Waals surface area contributed by atoms with Crippen LogP contribution in [0.2, 0.25) is 0 Å². The molecule has 2 aliphatic heterocycles. The Labute approximate surface area is 173 Å². The highest BCUT2D eigenvalue weighted by Crippen LogP contribution is 2.41. The maximum absolute atomic E-state index is 5.99. The van der Waals surface area contributed by atoms with E-state index in [0.717, 1.165) is 18.8 Å². The summed E-state index contributed by atoms with van der Waals surface area (Å²) < 4.78 is 17.3. The first-order chi connectivity index (χ1) is 13.3. The van der Waals surface area contributed by atoms with Gasteiger partial charge < -0.3 is 14.2 Å². The third kappa shape index (κ3) is 3.55. The van der Waals surface area contributed by atoms with Crippen molar-refractivity contribution < 1.29 is 14.2 Å². The third-order valence-corrected chi connectivity index (χ3v) is 6.46. The fraction of sp³-hybridized carbons (Fsp3) is 0.478. The van der Waals surface area contributed by atoms with Crippen LogP contribution >= 0.6 is 12.4 Å². The van der Waals surface area contributed by atoms with E-state index in [-0.39, 0.29) is 24.7 Å². The molecule has 0 aromatic heterocycles. The molecular weight excluding hydrogens is 374 g/mol. The van der Waals surface area contributed by atoms with E-state index in [1.807, 2.05) is 12.1 Å². The van der Waals surface area contributed by atoms with Gasteiger partial charge in [-0.25, -0.2) is 0 Å². The summed E-state index contributed by atoms with van der Waals surface area (Å²) in [5.74, 6) is 1.84. The van der Waals surface area contributed by atoms with Crippen molar-refractivity contribution in [1.29, 1.82) is 0 Å². The Balaban J connectivity index is 0.00000192. The third-order valence-electron chi connectivity index (χ3n) is 6.46. The first-order valence-electron chi connectivity index (χ1n) is 10.0. The molecule has 0 bridgehead atoms. The standard InChI is InChI=1S/C23H27NO3.ClH/c1-25-19-11-9-17(10-12-19)21-14-24(23-22(21)26-15-27-23)13-18-7-4-6-16-5-2-3-8-20(16)18;/h2-3,5,8-12,18,21-23H,4,6-7,13-15H2,1H3;1H. The molecule has 5 heteroatoms. The lowest BCUT2D eigenvalue weighted by atomic mass is 9.82. The van der Waals surface area contributed by atoms with Gasteiger partial charge in [0.25, 0.3) is 0 Å². The Morgan fingerprint density at radius 3 is 2.71 bits per heavy atom. The molecule has 2 aromatic carbocycles. The second-order valence-corrected chi connectivity index (χ2v) is 7.93. The van der Waals surface area contributed by atoms with Crippen molar-refractivity contribution in [2.45, 2.75) is 43.4 Å². The summed E-state index contributed by atoms with van der Waals surface area (Å²) in [7, 11) is 1.71. The fourth-order valence-corrected chi connectivity index (χ4v) is 5.11. The van der Waals surface area contributed by atoms with Crippen LogP contribution in [0.3, 0.4) is 0 Å². The molecule has 4 unspecified atom stereocenters. The van der Waals surface area contributed by atoms with Gasteiger partial charge in [0.2, 0.25) is 0 Å². The van der Waals surface area contributed by atoms with Crippen molar-refractivity contribution >= 4 is 12.4 Å². The summed E-state index contributed by atoms with van der Waals surface area (Å²) in [6.45, 7) is 2.44. The predicted octanol–water partition coefficient (Wildman–Crippen LogP) is 4.34. The maximum Gasteiger partial charge on any atom is 0.149 e. The Hall–Kier alpha value is -1.59. The van der Waals surface area contributed by atoms with Crippen LogP contribution in [0.5, 0.6) is 5.75 Å². The second-order valence-electron chi connectivity index (χ2n) is 7.93. The van der Waals surface area contributed by atoms with Gasteiger partial charge in [0.05, 0.1) is 7.11 Å². The molecule has 4 nitrogen and oxygen atoms in total. The summed E-state index contributed by atoms with van der Waals surface area (Å²) in [4.78, 5) is 2.51. The van der Waals surface area contributed by atoms with Gasteiger partial charge in [-0.2, -0.15) is 0 Å². The Kier molecular flexibility index (Phi) is 5.93. The van der Waals surface area contributed by atoms with E-state index >= 15 is 0 Å². The molecule has 150 valence electrons. The number of benzene rings is 2. The average Bonchev–Trinajstić information content (AvgIpc) is 3.32. The molecule has 2 fully saturated rings. The highest BCUT2D eigenvalue weighted by Gasteiger charge is 2.48. The topological polar surface area (TPSA) is 30.9 Å². The predicted molar refractivity (Wildman–Crippen MR) is 111 cm³/mol. The number of fused-ring (bicyclic) bond motifs is 2. The molecule has 4 atom stereocenters. The fourth-order valence-electron chi connectivity index (χ4n) is 5.11. The molecular formula is C23H28ClNO3. The van der Waals surface area contributed by atoms with Crippen LogP contribution in [0.1, 0.15) is 41.4 Å². The molecule has 28 heavy (non-hydrogen) atoms. The zero-order valence-corrected chi connectivity index (χ0v) is 17.1. The van der Waals surface area contributed by atoms with E-state index in [4.69, 9.17) is 14.2 Å². The van der Waals surface area contributed by atoms with Gasteiger partial charge in [0.15, 0.2) is 0 Å². The lowest BCUT2D eigenvalue weighted by Gasteiger charge is -2.31. The SMILES string of the molecule is COc1ccc(C2CN(CC3CCCc4ccccc43)C3OCOC23)cc1.Cl. The number of hydrogen-bond acceptors (Lipinski definition) is 4. The zero-order valence-electron chi connectivity index (χ0n) is 16.3. The molecule has 5 rings (SSSR count). The Bertz CT molecular complexity index is 797. The van der Waals surface area contributed by atoms with Crippen LogP contribution in [0.4, 0.5) is 0 Å². The van der Waals surface area contributed by atoms with Gasteiger partial charge in [0, 0.05) is 19.0 Å². The van der Waals surface area contributed by atoms with Crippen molar-refractivity contribution in [1.82, 2.24) is 4.90 Å². The van der Waals surface area contributed by atoms with Gasteiger partial charge >= 0.3 is 0 Å². The van der Waals surface area contributed by atoms with Gasteiger partial charge in [-0.05, 0) is 54.0 Å². The molecule has 2 saturated heterocycles. The van der Waals surface area contributed by atoms with Gasteiger partial charge in [-0.15, -0.1) is 12.4 Å². The molecule has 0 radical (unpaired) electrons. The lowest BCUT2D eigenvalue weighted by molar-refractivity contribution is -0.0230. The highest BCUT2D eigenvalue weighted by molar-refractivity contribution is 5.85. The van der Waals surface area contributed by atoms with E-state index in [9.17, 15) is 0 Å². The monoisotopic (exact) mass is 401 g/mol. The van der Waals surface area contributed by atoms with Crippen molar-refractivity contribution in [3.8, 4) is 5.75 Å². The van der Waals surface area contributed by atoms with Crippen LogP contribution in [-0.2, 0) is 15.9 Å². The average molecular weight is 402 g/mol. The van der Waals surface area contributed by atoms with Crippen LogP contribution < -0.4 is 4.74 Å².